The minimum absolute atomic E-state index is 0.0551. The highest BCUT2D eigenvalue weighted by Gasteiger charge is 2.29. The molecule has 1 amide bonds. The Bertz CT molecular complexity index is 320. The van der Waals surface area contributed by atoms with E-state index in [1.54, 1.807) is 24.5 Å². The van der Waals surface area contributed by atoms with E-state index in [-0.39, 0.29) is 5.91 Å². The number of rotatable bonds is 4. The van der Waals surface area contributed by atoms with Crippen molar-refractivity contribution in [1.29, 1.82) is 0 Å². The first-order chi connectivity index (χ1) is 7.12. The molecule has 1 aromatic rings. The highest BCUT2D eigenvalue weighted by Crippen LogP contribution is 2.21. The van der Waals surface area contributed by atoms with E-state index in [1.165, 1.54) is 0 Å². The van der Waals surface area contributed by atoms with Gasteiger partial charge in [-0.1, -0.05) is 6.92 Å². The standard InChI is InChI=1S/C11H17N3O/c1-3-11(2,8-12)10(15)14-9-5-4-6-13-7-9/h4-7H,3,8,12H2,1-2H3,(H,14,15). The van der Waals surface area contributed by atoms with E-state index in [2.05, 4.69) is 10.3 Å². The summed E-state index contributed by atoms with van der Waals surface area (Å²) >= 11 is 0. The van der Waals surface area contributed by atoms with Crippen LogP contribution >= 0.6 is 0 Å². The fraction of sp³-hybridized carbons (Fsp3) is 0.455. The van der Waals surface area contributed by atoms with Gasteiger partial charge in [-0.05, 0) is 25.5 Å². The van der Waals surface area contributed by atoms with Crippen molar-refractivity contribution in [3.8, 4) is 0 Å². The summed E-state index contributed by atoms with van der Waals surface area (Å²) < 4.78 is 0. The van der Waals surface area contributed by atoms with Gasteiger partial charge in [-0.2, -0.15) is 0 Å². The number of pyridine rings is 1. The zero-order valence-electron chi connectivity index (χ0n) is 9.16. The Hall–Kier alpha value is -1.42. The Balaban J connectivity index is 2.71. The molecule has 0 bridgehead atoms. The first kappa shape index (κ1) is 11.7. The maximum absolute atomic E-state index is 11.9. The number of carbonyl (C=O) groups is 1. The Labute approximate surface area is 89.9 Å². The van der Waals surface area contributed by atoms with E-state index in [4.69, 9.17) is 5.73 Å². The lowest BCUT2D eigenvalue weighted by atomic mass is 9.86. The summed E-state index contributed by atoms with van der Waals surface area (Å²) in [5.41, 5.74) is 5.80. The summed E-state index contributed by atoms with van der Waals surface area (Å²) in [6.07, 6.45) is 4.00. The molecule has 0 saturated carbocycles. The van der Waals surface area contributed by atoms with Crippen LogP contribution in [0.25, 0.3) is 0 Å². The van der Waals surface area contributed by atoms with Crippen molar-refractivity contribution in [2.24, 2.45) is 11.1 Å². The summed E-state index contributed by atoms with van der Waals surface area (Å²) in [4.78, 5) is 15.8. The lowest BCUT2D eigenvalue weighted by molar-refractivity contribution is -0.124. The third kappa shape index (κ3) is 2.76. The number of aromatic nitrogens is 1. The first-order valence-corrected chi connectivity index (χ1v) is 5.04. The number of carbonyl (C=O) groups excluding carboxylic acids is 1. The van der Waals surface area contributed by atoms with Crippen LogP contribution in [0, 0.1) is 5.41 Å². The lowest BCUT2D eigenvalue weighted by Gasteiger charge is -2.24. The van der Waals surface area contributed by atoms with Crippen LogP contribution in [-0.4, -0.2) is 17.4 Å². The van der Waals surface area contributed by atoms with Gasteiger partial charge in [0.15, 0.2) is 0 Å². The maximum atomic E-state index is 11.9. The second kappa shape index (κ2) is 4.89. The number of nitrogens with two attached hydrogens (primary N) is 1. The average molecular weight is 207 g/mol. The fourth-order valence-corrected chi connectivity index (χ4v) is 1.12. The molecule has 0 saturated heterocycles. The molecule has 0 fully saturated rings. The molecular weight excluding hydrogens is 190 g/mol. The van der Waals surface area contributed by atoms with Gasteiger partial charge in [0.05, 0.1) is 17.3 Å². The molecule has 1 atom stereocenters. The summed E-state index contributed by atoms with van der Waals surface area (Å²) in [5, 5.41) is 2.80. The molecule has 0 aromatic carbocycles. The molecule has 1 aromatic heterocycles. The van der Waals surface area contributed by atoms with E-state index in [1.807, 2.05) is 13.8 Å². The molecule has 4 nitrogen and oxygen atoms in total. The van der Waals surface area contributed by atoms with Gasteiger partial charge in [0.2, 0.25) is 5.91 Å². The van der Waals surface area contributed by atoms with E-state index < -0.39 is 5.41 Å². The van der Waals surface area contributed by atoms with Gasteiger partial charge in [0, 0.05) is 12.7 Å². The van der Waals surface area contributed by atoms with Gasteiger partial charge in [-0.3, -0.25) is 9.78 Å². The molecule has 0 spiro atoms. The minimum Gasteiger partial charge on any atom is -0.329 e. The number of nitrogens with one attached hydrogen (secondary N) is 1. The van der Waals surface area contributed by atoms with Crippen molar-refractivity contribution in [3.05, 3.63) is 24.5 Å². The van der Waals surface area contributed by atoms with Gasteiger partial charge >= 0.3 is 0 Å². The SMILES string of the molecule is CCC(C)(CN)C(=O)Nc1cccnc1. The largest absolute Gasteiger partial charge is 0.329 e. The van der Waals surface area contributed by atoms with Crippen LogP contribution in [0.15, 0.2) is 24.5 Å². The van der Waals surface area contributed by atoms with Crippen LogP contribution in [0.3, 0.4) is 0 Å². The van der Waals surface area contributed by atoms with Crippen molar-refractivity contribution in [1.82, 2.24) is 4.98 Å². The second-order valence-corrected chi connectivity index (χ2v) is 3.81. The zero-order chi connectivity index (χ0) is 11.3. The van der Waals surface area contributed by atoms with Crippen LogP contribution in [0.5, 0.6) is 0 Å². The maximum Gasteiger partial charge on any atom is 0.231 e. The molecule has 4 heteroatoms. The van der Waals surface area contributed by atoms with Crippen LogP contribution < -0.4 is 11.1 Å². The highest BCUT2D eigenvalue weighted by molar-refractivity contribution is 5.95. The molecular formula is C11H17N3O. The summed E-state index contributed by atoms with van der Waals surface area (Å²) in [6, 6.07) is 3.58. The predicted molar refractivity (Wildman–Crippen MR) is 60.3 cm³/mol. The Kier molecular flexibility index (Phi) is 3.80. The number of nitrogens with zero attached hydrogens (tertiary/aromatic N) is 1. The van der Waals surface area contributed by atoms with E-state index in [0.717, 1.165) is 6.42 Å². The van der Waals surface area contributed by atoms with Gasteiger partial charge in [0.1, 0.15) is 0 Å². The highest BCUT2D eigenvalue weighted by atomic mass is 16.2. The molecule has 1 rings (SSSR count). The molecule has 15 heavy (non-hydrogen) atoms. The summed E-state index contributed by atoms with van der Waals surface area (Å²) in [7, 11) is 0. The second-order valence-electron chi connectivity index (χ2n) is 3.81. The molecule has 1 unspecified atom stereocenters. The normalized spacial score (nSPS) is 14.3. The molecule has 0 aliphatic rings. The minimum atomic E-state index is -0.504. The molecule has 0 aliphatic carbocycles. The van der Waals surface area contributed by atoms with Crippen molar-refractivity contribution in [3.63, 3.8) is 0 Å². The summed E-state index contributed by atoms with van der Waals surface area (Å²) in [6.45, 7) is 4.16. The smallest absolute Gasteiger partial charge is 0.231 e. The van der Waals surface area contributed by atoms with Crippen molar-refractivity contribution in [2.45, 2.75) is 20.3 Å². The topological polar surface area (TPSA) is 68.0 Å². The van der Waals surface area contributed by atoms with Crippen LogP contribution in [0.2, 0.25) is 0 Å². The summed E-state index contributed by atoms with van der Waals surface area (Å²) in [5.74, 6) is -0.0551. The zero-order valence-corrected chi connectivity index (χ0v) is 9.16. The average Bonchev–Trinajstić information content (AvgIpc) is 2.29. The molecule has 82 valence electrons. The quantitative estimate of drug-likeness (QED) is 0.784. The third-order valence-electron chi connectivity index (χ3n) is 2.70. The molecule has 1 heterocycles. The van der Waals surface area contributed by atoms with Crippen molar-refractivity contribution in [2.75, 3.05) is 11.9 Å². The van der Waals surface area contributed by atoms with Crippen LogP contribution in [-0.2, 0) is 4.79 Å². The fourth-order valence-electron chi connectivity index (χ4n) is 1.12. The number of anilines is 1. The van der Waals surface area contributed by atoms with Crippen molar-refractivity contribution >= 4 is 11.6 Å². The third-order valence-corrected chi connectivity index (χ3v) is 2.70. The molecule has 3 N–H and O–H groups in total. The number of hydrogen-bond acceptors (Lipinski definition) is 3. The van der Waals surface area contributed by atoms with Gasteiger partial charge < -0.3 is 11.1 Å². The van der Waals surface area contributed by atoms with Gasteiger partial charge in [0.25, 0.3) is 0 Å². The number of hydrogen-bond donors (Lipinski definition) is 2. The van der Waals surface area contributed by atoms with Crippen molar-refractivity contribution < 1.29 is 4.79 Å². The molecule has 0 aliphatic heterocycles. The van der Waals surface area contributed by atoms with Crippen LogP contribution in [0.4, 0.5) is 5.69 Å². The molecule has 0 radical (unpaired) electrons. The monoisotopic (exact) mass is 207 g/mol. The Morgan fingerprint density at radius 2 is 2.40 bits per heavy atom. The van der Waals surface area contributed by atoms with Crippen LogP contribution in [0.1, 0.15) is 20.3 Å². The Morgan fingerprint density at radius 1 is 1.67 bits per heavy atom. The Morgan fingerprint density at radius 3 is 2.87 bits per heavy atom. The number of amides is 1. The predicted octanol–water partition coefficient (Wildman–Crippen LogP) is 1.40. The first-order valence-electron chi connectivity index (χ1n) is 5.04. The lowest BCUT2D eigenvalue weighted by Crippen LogP contribution is -2.39. The van der Waals surface area contributed by atoms with E-state index >= 15 is 0 Å². The van der Waals surface area contributed by atoms with Gasteiger partial charge in [-0.25, -0.2) is 0 Å². The van der Waals surface area contributed by atoms with E-state index in [0.29, 0.717) is 12.2 Å². The van der Waals surface area contributed by atoms with Gasteiger partial charge in [-0.15, -0.1) is 0 Å². The van der Waals surface area contributed by atoms with E-state index in [9.17, 15) is 4.79 Å².